The van der Waals surface area contributed by atoms with Gasteiger partial charge in [-0.3, -0.25) is 4.79 Å². The van der Waals surface area contributed by atoms with Gasteiger partial charge in [0.25, 0.3) is 0 Å². The third kappa shape index (κ3) is 4.91. The lowest BCUT2D eigenvalue weighted by Crippen LogP contribution is -2.41. The van der Waals surface area contributed by atoms with Crippen LogP contribution in [0.25, 0.3) is 0 Å². The van der Waals surface area contributed by atoms with Crippen LogP contribution in [0, 0.1) is 5.92 Å². The molecular formula is C11H21ClN2O3. The molecule has 0 heterocycles. The van der Waals surface area contributed by atoms with Gasteiger partial charge in [0.05, 0.1) is 7.11 Å². The van der Waals surface area contributed by atoms with E-state index in [1.807, 2.05) is 0 Å². The number of halogens is 1. The smallest absolute Gasteiger partial charge is 0.328 e. The molecular weight excluding hydrogens is 244 g/mol. The zero-order valence-electron chi connectivity index (χ0n) is 10.3. The van der Waals surface area contributed by atoms with Crippen molar-refractivity contribution in [1.82, 2.24) is 5.32 Å². The molecule has 0 saturated heterocycles. The summed E-state index contributed by atoms with van der Waals surface area (Å²) in [6.45, 7) is 1.61. The number of hydrogen-bond donors (Lipinski definition) is 2. The molecule has 0 bridgehead atoms. The summed E-state index contributed by atoms with van der Waals surface area (Å²) in [5, 5.41) is 2.61. The molecule has 0 radical (unpaired) electrons. The van der Waals surface area contributed by atoms with Gasteiger partial charge in [-0.15, -0.1) is 12.4 Å². The fourth-order valence-electron chi connectivity index (χ4n) is 2.09. The Morgan fingerprint density at radius 2 is 2.12 bits per heavy atom. The molecule has 1 rings (SSSR count). The maximum Gasteiger partial charge on any atom is 0.328 e. The van der Waals surface area contributed by atoms with E-state index >= 15 is 0 Å². The number of rotatable bonds is 4. The minimum atomic E-state index is -0.588. The number of ether oxygens (including phenoxy) is 1. The Hall–Kier alpha value is -0.810. The minimum Gasteiger partial charge on any atom is -0.467 e. The van der Waals surface area contributed by atoms with E-state index < -0.39 is 12.0 Å². The van der Waals surface area contributed by atoms with Gasteiger partial charge in [-0.05, 0) is 25.7 Å². The molecule has 3 N–H and O–H groups in total. The summed E-state index contributed by atoms with van der Waals surface area (Å²) in [6.07, 6.45) is 3.49. The number of methoxy groups -OCH3 is 1. The van der Waals surface area contributed by atoms with Crippen molar-refractivity contribution in [1.29, 1.82) is 0 Å². The van der Waals surface area contributed by atoms with Crippen LogP contribution in [-0.2, 0) is 14.3 Å². The average Bonchev–Trinajstić information content (AvgIpc) is 2.63. The Balaban J connectivity index is 0.00000256. The Bertz CT molecular complexity index is 273. The number of amides is 1. The Morgan fingerprint density at radius 1 is 1.47 bits per heavy atom. The first-order valence-corrected chi connectivity index (χ1v) is 5.67. The van der Waals surface area contributed by atoms with Crippen molar-refractivity contribution in [2.24, 2.45) is 11.7 Å². The monoisotopic (exact) mass is 264 g/mol. The number of carbonyl (C=O) groups is 2. The molecule has 0 unspecified atom stereocenters. The zero-order chi connectivity index (χ0) is 12.1. The van der Waals surface area contributed by atoms with Crippen molar-refractivity contribution >= 4 is 24.3 Å². The lowest BCUT2D eigenvalue weighted by molar-refractivity contribution is -0.144. The highest BCUT2D eigenvalue weighted by Gasteiger charge is 2.27. The van der Waals surface area contributed by atoms with E-state index in [0.717, 1.165) is 19.3 Å². The van der Waals surface area contributed by atoms with Crippen molar-refractivity contribution in [2.45, 2.75) is 44.7 Å². The predicted molar refractivity (Wildman–Crippen MR) is 66.8 cm³/mol. The van der Waals surface area contributed by atoms with Gasteiger partial charge in [-0.2, -0.15) is 0 Å². The molecule has 1 saturated carbocycles. The van der Waals surface area contributed by atoms with Crippen LogP contribution >= 0.6 is 12.4 Å². The average molecular weight is 265 g/mol. The van der Waals surface area contributed by atoms with E-state index in [0.29, 0.717) is 6.42 Å². The second kappa shape index (κ2) is 7.50. The van der Waals surface area contributed by atoms with Crippen molar-refractivity contribution in [3.8, 4) is 0 Å². The van der Waals surface area contributed by atoms with Crippen LogP contribution in [0.5, 0.6) is 0 Å². The summed E-state index contributed by atoms with van der Waals surface area (Å²) in [6, 6.07) is -0.464. The quantitative estimate of drug-likeness (QED) is 0.729. The topological polar surface area (TPSA) is 81.4 Å². The third-order valence-electron chi connectivity index (χ3n) is 3.10. The van der Waals surface area contributed by atoms with E-state index in [1.54, 1.807) is 6.92 Å². The van der Waals surface area contributed by atoms with Crippen LogP contribution < -0.4 is 11.1 Å². The molecule has 0 spiro atoms. The molecule has 3 atom stereocenters. The lowest BCUT2D eigenvalue weighted by Gasteiger charge is -2.16. The summed E-state index contributed by atoms with van der Waals surface area (Å²) in [7, 11) is 1.30. The maximum atomic E-state index is 11.6. The number of nitrogens with one attached hydrogen (secondary N) is 1. The van der Waals surface area contributed by atoms with Crippen LogP contribution in [0.4, 0.5) is 0 Å². The van der Waals surface area contributed by atoms with E-state index in [2.05, 4.69) is 10.1 Å². The third-order valence-corrected chi connectivity index (χ3v) is 3.10. The standard InChI is InChI=1S/C11H20N2O3.ClH/c1-7(11(15)16-2)13-10(14)6-8-4-3-5-9(8)12;/h7-9H,3-6,12H2,1-2H3,(H,13,14);1H/t7-,8+,9-;/m1./s1. The molecule has 0 aliphatic heterocycles. The van der Waals surface area contributed by atoms with Gasteiger partial charge in [0, 0.05) is 12.5 Å². The van der Waals surface area contributed by atoms with Crippen molar-refractivity contribution < 1.29 is 14.3 Å². The number of hydrogen-bond acceptors (Lipinski definition) is 4. The summed E-state index contributed by atoms with van der Waals surface area (Å²) in [5.74, 6) is -0.297. The van der Waals surface area contributed by atoms with Gasteiger partial charge in [0.2, 0.25) is 5.91 Å². The molecule has 6 heteroatoms. The largest absolute Gasteiger partial charge is 0.467 e. The SMILES string of the molecule is COC(=O)[C@@H](C)NC(=O)C[C@@H]1CCC[C@H]1N.Cl. The molecule has 0 aromatic heterocycles. The summed E-state index contributed by atoms with van der Waals surface area (Å²) in [4.78, 5) is 22.7. The highest BCUT2D eigenvalue weighted by atomic mass is 35.5. The van der Waals surface area contributed by atoms with E-state index in [4.69, 9.17) is 5.73 Å². The summed E-state index contributed by atoms with van der Waals surface area (Å²) >= 11 is 0. The minimum absolute atomic E-state index is 0. The maximum absolute atomic E-state index is 11.6. The van der Waals surface area contributed by atoms with E-state index in [9.17, 15) is 9.59 Å². The van der Waals surface area contributed by atoms with E-state index in [1.165, 1.54) is 7.11 Å². The van der Waals surface area contributed by atoms with E-state index in [-0.39, 0.29) is 30.3 Å². The summed E-state index contributed by atoms with van der Waals surface area (Å²) < 4.78 is 4.53. The fourth-order valence-corrected chi connectivity index (χ4v) is 2.09. The Morgan fingerprint density at radius 3 is 2.59 bits per heavy atom. The highest BCUT2D eigenvalue weighted by Crippen LogP contribution is 2.26. The predicted octanol–water partition coefficient (Wildman–Crippen LogP) is 0.603. The molecule has 0 aromatic rings. The molecule has 0 aromatic carbocycles. The highest BCUT2D eigenvalue weighted by molar-refractivity contribution is 5.85. The van der Waals surface area contributed by atoms with Crippen molar-refractivity contribution in [2.75, 3.05) is 7.11 Å². The van der Waals surface area contributed by atoms with Crippen LogP contribution in [-0.4, -0.2) is 31.1 Å². The van der Waals surface area contributed by atoms with Crippen LogP contribution in [0.15, 0.2) is 0 Å². The van der Waals surface area contributed by atoms with Crippen LogP contribution in [0.1, 0.15) is 32.6 Å². The van der Waals surface area contributed by atoms with Gasteiger partial charge in [-0.1, -0.05) is 6.42 Å². The molecule has 1 aliphatic carbocycles. The molecule has 1 amide bonds. The Labute approximate surface area is 108 Å². The Kier molecular flexibility index (Phi) is 7.15. The van der Waals surface area contributed by atoms with Crippen molar-refractivity contribution in [3.05, 3.63) is 0 Å². The molecule has 17 heavy (non-hydrogen) atoms. The van der Waals surface area contributed by atoms with Crippen LogP contribution in [0.2, 0.25) is 0 Å². The second-order valence-corrected chi connectivity index (χ2v) is 4.37. The molecule has 1 fully saturated rings. The fraction of sp³-hybridized carbons (Fsp3) is 0.818. The molecule has 5 nitrogen and oxygen atoms in total. The van der Waals surface area contributed by atoms with Crippen LogP contribution in [0.3, 0.4) is 0 Å². The van der Waals surface area contributed by atoms with Gasteiger partial charge >= 0.3 is 5.97 Å². The zero-order valence-corrected chi connectivity index (χ0v) is 11.1. The molecule has 1 aliphatic rings. The van der Waals surface area contributed by atoms with Gasteiger partial charge < -0.3 is 15.8 Å². The first-order chi connectivity index (χ1) is 7.54. The number of carbonyl (C=O) groups excluding carboxylic acids is 2. The molecule has 100 valence electrons. The first-order valence-electron chi connectivity index (χ1n) is 5.67. The number of esters is 1. The second-order valence-electron chi connectivity index (χ2n) is 4.37. The van der Waals surface area contributed by atoms with Gasteiger partial charge in [0.1, 0.15) is 6.04 Å². The summed E-state index contributed by atoms with van der Waals surface area (Å²) in [5.41, 5.74) is 5.87. The first kappa shape index (κ1) is 16.2. The number of nitrogens with two attached hydrogens (primary N) is 1. The van der Waals surface area contributed by atoms with Gasteiger partial charge in [-0.25, -0.2) is 4.79 Å². The van der Waals surface area contributed by atoms with Gasteiger partial charge in [0.15, 0.2) is 0 Å². The lowest BCUT2D eigenvalue weighted by atomic mass is 10.00. The normalized spacial score (nSPS) is 24.6. The van der Waals surface area contributed by atoms with Crippen molar-refractivity contribution in [3.63, 3.8) is 0 Å².